The quantitative estimate of drug-likeness (QED) is 0.850. The van der Waals surface area contributed by atoms with E-state index in [0.717, 1.165) is 47.9 Å². The first-order valence-electron chi connectivity index (χ1n) is 8.42. The van der Waals surface area contributed by atoms with Crippen LogP contribution in [-0.2, 0) is 0 Å². The lowest BCUT2D eigenvalue weighted by atomic mass is 9.63. The van der Waals surface area contributed by atoms with Gasteiger partial charge in [0.05, 0.1) is 22.4 Å². The Labute approximate surface area is 146 Å². The lowest BCUT2D eigenvalue weighted by molar-refractivity contribution is 0.300. The van der Waals surface area contributed by atoms with Gasteiger partial charge in [-0.2, -0.15) is 5.26 Å². The molecule has 24 heavy (non-hydrogen) atoms. The maximum absolute atomic E-state index is 9.77. The van der Waals surface area contributed by atoms with Gasteiger partial charge < -0.3 is 11.1 Å². The highest BCUT2D eigenvalue weighted by Gasteiger charge is 2.48. The lowest BCUT2D eigenvalue weighted by Gasteiger charge is -2.41. The molecular weight excluding hydrogens is 316 g/mol. The lowest BCUT2D eigenvalue weighted by Crippen LogP contribution is -2.37. The molecule has 0 aromatic heterocycles. The summed E-state index contributed by atoms with van der Waals surface area (Å²) < 4.78 is 0. The number of fused-ring (bicyclic) bond motifs is 2. The summed E-state index contributed by atoms with van der Waals surface area (Å²) in [6, 6.07) is 12.6. The number of hydrogen-bond acceptors (Lipinski definition) is 5. The number of hydrogen-bond donors (Lipinski definition) is 2. The summed E-state index contributed by atoms with van der Waals surface area (Å²) in [4.78, 5) is 4.57. The highest BCUT2D eigenvalue weighted by atomic mass is 32.2. The minimum Gasteiger partial charge on any atom is -0.383 e. The van der Waals surface area contributed by atoms with Crippen molar-refractivity contribution in [2.75, 3.05) is 11.1 Å². The average Bonchev–Trinajstić information content (AvgIpc) is 3.00. The third-order valence-corrected chi connectivity index (χ3v) is 6.20. The monoisotopic (exact) mass is 336 g/mol. The van der Waals surface area contributed by atoms with Crippen molar-refractivity contribution >= 4 is 23.2 Å². The maximum atomic E-state index is 9.77. The molecular formula is C19H20N4S. The molecule has 1 fully saturated rings. The normalized spacial score (nSPS) is 22.2. The molecule has 2 aliphatic heterocycles. The van der Waals surface area contributed by atoms with E-state index in [-0.39, 0.29) is 5.41 Å². The van der Waals surface area contributed by atoms with Crippen molar-refractivity contribution in [3.05, 3.63) is 52.3 Å². The van der Waals surface area contributed by atoms with Gasteiger partial charge in [-0.05, 0) is 25.0 Å². The first-order valence-corrected chi connectivity index (χ1v) is 9.41. The van der Waals surface area contributed by atoms with E-state index in [1.807, 2.05) is 18.2 Å². The van der Waals surface area contributed by atoms with Gasteiger partial charge in [-0.3, -0.25) is 0 Å². The first kappa shape index (κ1) is 15.3. The smallest absolute Gasteiger partial charge is 0.138 e. The summed E-state index contributed by atoms with van der Waals surface area (Å²) in [5, 5.41) is 14.5. The number of thioether (sulfide) groups is 1. The molecule has 1 aliphatic carbocycles. The minimum absolute atomic E-state index is 0.241. The zero-order valence-electron chi connectivity index (χ0n) is 13.5. The van der Waals surface area contributed by atoms with Crippen LogP contribution in [0, 0.1) is 16.7 Å². The van der Waals surface area contributed by atoms with E-state index in [0.29, 0.717) is 11.4 Å². The number of nitriles is 1. The number of benzene rings is 1. The Kier molecular flexibility index (Phi) is 3.85. The molecule has 1 saturated carbocycles. The molecule has 1 spiro atoms. The number of nitrogens with zero attached hydrogens (tertiary/aromatic N) is 2. The molecule has 0 unspecified atom stereocenters. The van der Waals surface area contributed by atoms with Crippen LogP contribution in [0.1, 0.15) is 32.1 Å². The van der Waals surface area contributed by atoms with Crippen LogP contribution < -0.4 is 11.1 Å². The molecule has 2 heterocycles. The fourth-order valence-corrected chi connectivity index (χ4v) is 5.28. The van der Waals surface area contributed by atoms with Gasteiger partial charge in [0.25, 0.3) is 0 Å². The van der Waals surface area contributed by atoms with E-state index >= 15 is 0 Å². The number of nitrogens with one attached hydrogen (secondary N) is 1. The highest BCUT2D eigenvalue weighted by molar-refractivity contribution is 8.04. The van der Waals surface area contributed by atoms with Gasteiger partial charge in [0.1, 0.15) is 5.82 Å². The van der Waals surface area contributed by atoms with Crippen LogP contribution in [0.15, 0.2) is 57.3 Å². The van der Waals surface area contributed by atoms with Crippen molar-refractivity contribution in [3.8, 4) is 6.07 Å². The second kappa shape index (κ2) is 6.03. The number of para-hydroxylation sites is 1. The molecule has 122 valence electrons. The van der Waals surface area contributed by atoms with Crippen molar-refractivity contribution in [1.29, 1.82) is 5.26 Å². The van der Waals surface area contributed by atoms with Crippen LogP contribution in [0.5, 0.6) is 0 Å². The predicted molar refractivity (Wildman–Crippen MR) is 99.3 cm³/mol. The summed E-state index contributed by atoms with van der Waals surface area (Å²) in [6.07, 6.45) is 5.49. The Bertz CT molecular complexity index is 792. The summed E-state index contributed by atoms with van der Waals surface area (Å²) in [7, 11) is 0. The fraction of sp³-hybridized carbons (Fsp3) is 0.368. The first-order chi connectivity index (χ1) is 11.7. The van der Waals surface area contributed by atoms with Gasteiger partial charge in [-0.15, -0.1) is 11.8 Å². The van der Waals surface area contributed by atoms with Crippen LogP contribution >= 0.6 is 11.8 Å². The molecule has 0 atom stereocenters. The number of allylic oxidation sites excluding steroid dienone is 2. The van der Waals surface area contributed by atoms with E-state index in [1.54, 1.807) is 11.8 Å². The average molecular weight is 336 g/mol. The van der Waals surface area contributed by atoms with E-state index in [1.165, 1.54) is 12.0 Å². The molecule has 0 amide bonds. The fourth-order valence-electron chi connectivity index (χ4n) is 4.14. The Morgan fingerprint density at radius 3 is 2.62 bits per heavy atom. The van der Waals surface area contributed by atoms with Crippen LogP contribution in [0.2, 0.25) is 0 Å². The SMILES string of the molecule is N#CC1=C(N)N=C2CSC(Nc3ccccc3)=C2C12CCCCC2. The second-order valence-electron chi connectivity index (χ2n) is 6.56. The molecule has 5 heteroatoms. The van der Waals surface area contributed by atoms with Gasteiger partial charge in [0, 0.05) is 22.4 Å². The summed E-state index contributed by atoms with van der Waals surface area (Å²) in [6.45, 7) is 0. The van der Waals surface area contributed by atoms with E-state index in [4.69, 9.17) is 5.73 Å². The third-order valence-electron chi connectivity index (χ3n) is 5.19. The van der Waals surface area contributed by atoms with Gasteiger partial charge in [-0.1, -0.05) is 37.5 Å². The topological polar surface area (TPSA) is 74.2 Å². The molecule has 1 aromatic rings. The Morgan fingerprint density at radius 1 is 1.17 bits per heavy atom. The molecule has 3 aliphatic rings. The standard InChI is InChI=1S/C19H20N4S/c20-11-14-17(21)23-15-12-24-18(22-13-7-3-1-4-8-13)16(15)19(14)9-5-2-6-10-19/h1,3-4,7-8,22H,2,5-6,9-10,12,21H2. The number of rotatable bonds is 2. The van der Waals surface area contributed by atoms with Gasteiger partial charge in [-0.25, -0.2) is 4.99 Å². The molecule has 1 aromatic carbocycles. The predicted octanol–water partition coefficient (Wildman–Crippen LogP) is 4.16. The molecule has 4 nitrogen and oxygen atoms in total. The molecule has 4 rings (SSSR count). The Hall–Kier alpha value is -2.19. The summed E-state index contributed by atoms with van der Waals surface area (Å²) in [5.74, 6) is 1.26. The van der Waals surface area contributed by atoms with Crippen LogP contribution in [0.4, 0.5) is 5.69 Å². The molecule has 0 radical (unpaired) electrons. The van der Waals surface area contributed by atoms with Crippen molar-refractivity contribution in [2.45, 2.75) is 32.1 Å². The zero-order chi connectivity index (χ0) is 16.6. The minimum atomic E-state index is -0.241. The number of nitrogens with two attached hydrogens (primary N) is 1. The number of aliphatic imine (C=N–C) groups is 1. The number of anilines is 1. The molecule has 3 N–H and O–H groups in total. The zero-order valence-corrected chi connectivity index (χ0v) is 14.3. The van der Waals surface area contributed by atoms with E-state index in [2.05, 4.69) is 28.5 Å². The van der Waals surface area contributed by atoms with Gasteiger partial charge in [0.2, 0.25) is 0 Å². The van der Waals surface area contributed by atoms with Crippen molar-refractivity contribution in [3.63, 3.8) is 0 Å². The van der Waals surface area contributed by atoms with Crippen LogP contribution in [0.25, 0.3) is 0 Å². The van der Waals surface area contributed by atoms with E-state index in [9.17, 15) is 5.26 Å². The van der Waals surface area contributed by atoms with Crippen molar-refractivity contribution in [2.24, 2.45) is 16.1 Å². The second-order valence-corrected chi connectivity index (χ2v) is 7.54. The summed E-state index contributed by atoms with van der Waals surface area (Å²) >= 11 is 1.77. The highest BCUT2D eigenvalue weighted by Crippen LogP contribution is 2.55. The van der Waals surface area contributed by atoms with E-state index < -0.39 is 0 Å². The maximum Gasteiger partial charge on any atom is 0.138 e. The molecule has 0 saturated heterocycles. The molecule has 0 bridgehead atoms. The van der Waals surface area contributed by atoms with Crippen molar-refractivity contribution < 1.29 is 0 Å². The largest absolute Gasteiger partial charge is 0.383 e. The summed E-state index contributed by atoms with van der Waals surface area (Å²) in [5.41, 5.74) is 9.95. The Balaban J connectivity index is 1.83. The van der Waals surface area contributed by atoms with Crippen molar-refractivity contribution in [1.82, 2.24) is 0 Å². The van der Waals surface area contributed by atoms with Gasteiger partial charge >= 0.3 is 0 Å². The van der Waals surface area contributed by atoms with Crippen LogP contribution in [-0.4, -0.2) is 11.5 Å². The third kappa shape index (κ3) is 2.33. The Morgan fingerprint density at radius 2 is 1.92 bits per heavy atom. The van der Waals surface area contributed by atoms with Crippen LogP contribution in [0.3, 0.4) is 0 Å². The van der Waals surface area contributed by atoms with Gasteiger partial charge in [0.15, 0.2) is 0 Å².